The Morgan fingerprint density at radius 1 is 1.44 bits per heavy atom. The van der Waals surface area contributed by atoms with Gasteiger partial charge in [-0.2, -0.15) is 0 Å². The first-order valence-electron chi connectivity index (χ1n) is 6.28. The van der Waals surface area contributed by atoms with Crippen molar-refractivity contribution in [3.05, 3.63) is 0 Å². The summed E-state index contributed by atoms with van der Waals surface area (Å²) in [6.45, 7) is 1.80. The molecule has 0 spiro atoms. The molecule has 0 bridgehead atoms. The van der Waals surface area contributed by atoms with Crippen LogP contribution >= 0.6 is 0 Å². The first-order valence-corrected chi connectivity index (χ1v) is 8.13. The maximum atomic E-state index is 11.4. The average Bonchev–Trinajstić information content (AvgIpc) is 2.34. The van der Waals surface area contributed by atoms with Gasteiger partial charge in [0.05, 0.1) is 12.9 Å². The van der Waals surface area contributed by atoms with Crippen LogP contribution in [0.15, 0.2) is 0 Å². The Kier molecular flexibility index (Phi) is 6.51. The highest BCUT2D eigenvalue weighted by Crippen LogP contribution is 2.14. The molecule has 0 aromatic heterocycles. The minimum absolute atomic E-state index is 0.0275. The van der Waals surface area contributed by atoms with Crippen molar-refractivity contribution in [3.63, 3.8) is 0 Å². The van der Waals surface area contributed by atoms with Crippen molar-refractivity contribution in [1.82, 2.24) is 9.62 Å². The molecule has 1 aliphatic rings. The van der Waals surface area contributed by atoms with Gasteiger partial charge in [0.1, 0.15) is 0 Å². The zero-order valence-corrected chi connectivity index (χ0v) is 11.9. The molecular weight excluding hydrogens is 256 g/mol. The Bertz CT molecular complexity index is 326. The number of hydrogen-bond donors (Lipinski definition) is 2. The zero-order chi connectivity index (χ0) is 13.6. The average molecular weight is 280 g/mol. The van der Waals surface area contributed by atoms with Gasteiger partial charge in [0.25, 0.3) is 0 Å². The molecule has 0 amide bonds. The smallest absolute Gasteiger partial charge is 0.211 e. The van der Waals surface area contributed by atoms with E-state index in [1.807, 2.05) is 0 Å². The van der Waals surface area contributed by atoms with Gasteiger partial charge >= 0.3 is 0 Å². The van der Waals surface area contributed by atoms with Gasteiger partial charge in [0.15, 0.2) is 0 Å². The van der Waals surface area contributed by atoms with Crippen LogP contribution in [0.3, 0.4) is 0 Å². The van der Waals surface area contributed by atoms with Crippen molar-refractivity contribution in [2.45, 2.75) is 31.3 Å². The maximum Gasteiger partial charge on any atom is 0.211 e. The number of ether oxygens (including phenoxy) is 1. The highest BCUT2D eigenvalue weighted by Gasteiger charge is 2.25. The third kappa shape index (κ3) is 5.19. The lowest BCUT2D eigenvalue weighted by molar-refractivity contribution is 0.148. The summed E-state index contributed by atoms with van der Waals surface area (Å²) in [7, 11) is -1.42. The first-order chi connectivity index (χ1) is 8.47. The van der Waals surface area contributed by atoms with Crippen molar-refractivity contribution in [2.75, 3.05) is 39.7 Å². The predicted molar refractivity (Wildman–Crippen MR) is 69.9 cm³/mol. The summed E-state index contributed by atoms with van der Waals surface area (Å²) in [4.78, 5) is 0. The van der Waals surface area contributed by atoms with Gasteiger partial charge in [0.2, 0.25) is 10.0 Å². The molecule has 6 nitrogen and oxygen atoms in total. The molecule has 0 saturated carbocycles. The van der Waals surface area contributed by atoms with Gasteiger partial charge < -0.3 is 15.2 Å². The molecule has 108 valence electrons. The van der Waals surface area contributed by atoms with E-state index in [1.165, 1.54) is 10.6 Å². The summed E-state index contributed by atoms with van der Waals surface area (Å²) in [5.41, 5.74) is 0. The highest BCUT2D eigenvalue weighted by molar-refractivity contribution is 7.88. The number of sulfonamides is 1. The van der Waals surface area contributed by atoms with E-state index in [2.05, 4.69) is 5.32 Å². The number of nitrogens with zero attached hydrogens (tertiary/aromatic N) is 1. The van der Waals surface area contributed by atoms with Gasteiger partial charge in [-0.3, -0.25) is 0 Å². The minimum Gasteiger partial charge on any atom is -0.395 e. The van der Waals surface area contributed by atoms with E-state index in [-0.39, 0.29) is 18.7 Å². The van der Waals surface area contributed by atoms with Gasteiger partial charge in [-0.05, 0) is 19.3 Å². The monoisotopic (exact) mass is 280 g/mol. The molecule has 1 aliphatic heterocycles. The van der Waals surface area contributed by atoms with Gasteiger partial charge in [0, 0.05) is 38.9 Å². The topological polar surface area (TPSA) is 78.9 Å². The minimum atomic E-state index is -3.06. The number of rotatable bonds is 7. The molecule has 1 fully saturated rings. The quantitative estimate of drug-likeness (QED) is 0.651. The standard InChI is InChI=1S/C11H24N2O4S/c1-17-8-5-11(9-14)12-10-3-6-13(7-4-10)18(2,15)16/h10-12,14H,3-9H2,1-2H3. The highest BCUT2D eigenvalue weighted by atomic mass is 32.2. The van der Waals surface area contributed by atoms with Crippen LogP contribution in [-0.2, 0) is 14.8 Å². The molecular formula is C11H24N2O4S. The fourth-order valence-electron chi connectivity index (χ4n) is 2.17. The summed E-state index contributed by atoms with van der Waals surface area (Å²) in [5.74, 6) is 0. The van der Waals surface area contributed by atoms with Crippen LogP contribution in [0.2, 0.25) is 0 Å². The number of piperidine rings is 1. The van der Waals surface area contributed by atoms with Gasteiger partial charge in [-0.25, -0.2) is 12.7 Å². The number of methoxy groups -OCH3 is 1. The van der Waals surface area contributed by atoms with Crippen LogP contribution in [0.5, 0.6) is 0 Å². The second kappa shape index (κ2) is 7.40. The molecule has 1 saturated heterocycles. The van der Waals surface area contributed by atoms with Crippen LogP contribution in [0, 0.1) is 0 Å². The van der Waals surface area contributed by atoms with E-state index in [0.29, 0.717) is 19.7 Å². The molecule has 0 aromatic rings. The molecule has 0 aromatic carbocycles. The maximum absolute atomic E-state index is 11.4. The van der Waals surface area contributed by atoms with E-state index in [0.717, 1.165) is 19.3 Å². The molecule has 1 heterocycles. The summed E-state index contributed by atoms with van der Waals surface area (Å²) in [6.07, 6.45) is 3.59. The van der Waals surface area contributed by atoms with Crippen LogP contribution in [0.1, 0.15) is 19.3 Å². The largest absolute Gasteiger partial charge is 0.395 e. The van der Waals surface area contributed by atoms with Crippen LogP contribution in [-0.4, -0.2) is 69.6 Å². The van der Waals surface area contributed by atoms with Crippen molar-refractivity contribution < 1.29 is 18.3 Å². The Labute approximate surface area is 109 Å². The fraction of sp³-hybridized carbons (Fsp3) is 1.00. The SMILES string of the molecule is COCCC(CO)NC1CCN(S(C)(=O)=O)CC1. The van der Waals surface area contributed by atoms with E-state index in [4.69, 9.17) is 4.74 Å². The molecule has 0 aliphatic carbocycles. The third-order valence-corrected chi connectivity index (χ3v) is 4.59. The number of nitrogens with one attached hydrogen (secondary N) is 1. The molecule has 0 radical (unpaired) electrons. The summed E-state index contributed by atoms with van der Waals surface area (Å²) >= 11 is 0. The predicted octanol–water partition coefficient (Wildman–Crippen LogP) is -0.603. The first kappa shape index (κ1) is 15.8. The van der Waals surface area contributed by atoms with Crippen molar-refractivity contribution in [3.8, 4) is 0 Å². The van der Waals surface area contributed by atoms with Gasteiger partial charge in [-0.15, -0.1) is 0 Å². The van der Waals surface area contributed by atoms with Crippen LogP contribution < -0.4 is 5.32 Å². The normalized spacial score (nSPS) is 21.1. The van der Waals surface area contributed by atoms with E-state index >= 15 is 0 Å². The molecule has 1 rings (SSSR count). The Morgan fingerprint density at radius 3 is 2.50 bits per heavy atom. The molecule has 2 N–H and O–H groups in total. The fourth-order valence-corrected chi connectivity index (χ4v) is 3.05. The Morgan fingerprint density at radius 2 is 2.06 bits per heavy atom. The van der Waals surface area contributed by atoms with Crippen molar-refractivity contribution in [2.24, 2.45) is 0 Å². The summed E-state index contributed by atoms with van der Waals surface area (Å²) in [5, 5.41) is 12.6. The lowest BCUT2D eigenvalue weighted by atomic mass is 10.0. The van der Waals surface area contributed by atoms with Gasteiger partial charge in [-0.1, -0.05) is 0 Å². The summed E-state index contributed by atoms with van der Waals surface area (Å²) in [6, 6.07) is 0.303. The van der Waals surface area contributed by atoms with Crippen molar-refractivity contribution in [1.29, 1.82) is 0 Å². The van der Waals surface area contributed by atoms with Crippen LogP contribution in [0.4, 0.5) is 0 Å². The van der Waals surface area contributed by atoms with Crippen molar-refractivity contribution >= 4 is 10.0 Å². The molecule has 1 atom stereocenters. The second-order valence-corrected chi connectivity index (χ2v) is 6.75. The number of aliphatic hydroxyl groups is 1. The van der Waals surface area contributed by atoms with E-state index < -0.39 is 10.0 Å². The van der Waals surface area contributed by atoms with Crippen LogP contribution in [0.25, 0.3) is 0 Å². The zero-order valence-electron chi connectivity index (χ0n) is 11.1. The number of hydrogen-bond acceptors (Lipinski definition) is 5. The second-order valence-electron chi connectivity index (χ2n) is 4.76. The lowest BCUT2D eigenvalue weighted by Gasteiger charge is -2.32. The Balaban J connectivity index is 2.34. The molecule has 18 heavy (non-hydrogen) atoms. The molecule has 7 heteroatoms. The lowest BCUT2D eigenvalue weighted by Crippen LogP contribution is -2.48. The molecule has 1 unspecified atom stereocenters. The number of aliphatic hydroxyl groups excluding tert-OH is 1. The Hall–Kier alpha value is -0.210. The van der Waals surface area contributed by atoms with E-state index in [1.54, 1.807) is 7.11 Å². The summed E-state index contributed by atoms with van der Waals surface area (Å²) < 4.78 is 29.2. The van der Waals surface area contributed by atoms with E-state index in [9.17, 15) is 13.5 Å². The third-order valence-electron chi connectivity index (χ3n) is 3.29.